The number of para-hydroxylation sites is 1. The van der Waals surface area contributed by atoms with Gasteiger partial charge in [-0.05, 0) is 12.1 Å². The Kier molecular flexibility index (Phi) is 3.95. The fraction of sp³-hybridized carbons (Fsp3) is 0.353. The van der Waals surface area contributed by atoms with Gasteiger partial charge in [0, 0.05) is 12.5 Å². The van der Waals surface area contributed by atoms with Gasteiger partial charge in [-0.25, -0.2) is 4.68 Å². The summed E-state index contributed by atoms with van der Waals surface area (Å²) in [6, 6.07) is 7.44. The first kappa shape index (κ1) is 17.5. The lowest BCUT2D eigenvalue weighted by atomic mass is 9.96. The lowest BCUT2D eigenvalue weighted by molar-refractivity contribution is 0.523. The molecule has 0 aliphatic carbocycles. The van der Waals surface area contributed by atoms with Crippen LogP contribution < -0.4 is 11.4 Å². The predicted molar refractivity (Wildman–Crippen MR) is 104 cm³/mol. The van der Waals surface area contributed by atoms with Crippen LogP contribution in [0.5, 0.6) is 0 Å². The molecule has 0 saturated heterocycles. The SMILES string of the molecule is Cn1c(=O)c2ccccc2n2c(CSc3nnc(C(C)(C)C)n3N)nnc12. The fourth-order valence-corrected chi connectivity index (χ4v) is 3.77. The molecule has 27 heavy (non-hydrogen) atoms. The second-order valence-electron chi connectivity index (χ2n) is 7.35. The van der Waals surface area contributed by atoms with E-state index in [1.54, 1.807) is 13.1 Å². The van der Waals surface area contributed by atoms with Gasteiger partial charge in [0.1, 0.15) is 5.82 Å². The summed E-state index contributed by atoms with van der Waals surface area (Å²) in [4.78, 5) is 12.5. The summed E-state index contributed by atoms with van der Waals surface area (Å²) in [6.45, 7) is 6.11. The maximum absolute atomic E-state index is 12.5. The van der Waals surface area contributed by atoms with Gasteiger partial charge in [0.15, 0.2) is 5.82 Å². The van der Waals surface area contributed by atoms with Gasteiger partial charge in [-0.2, -0.15) is 0 Å². The van der Waals surface area contributed by atoms with Crippen molar-refractivity contribution < 1.29 is 0 Å². The van der Waals surface area contributed by atoms with Crippen LogP contribution in [-0.4, -0.2) is 34.0 Å². The molecule has 0 saturated carbocycles. The number of benzene rings is 1. The van der Waals surface area contributed by atoms with Crippen LogP contribution in [0.3, 0.4) is 0 Å². The van der Waals surface area contributed by atoms with E-state index >= 15 is 0 Å². The Morgan fingerprint density at radius 2 is 1.85 bits per heavy atom. The Labute approximate surface area is 159 Å². The molecule has 0 radical (unpaired) electrons. The molecule has 2 N–H and O–H groups in total. The zero-order valence-electron chi connectivity index (χ0n) is 15.5. The van der Waals surface area contributed by atoms with Gasteiger partial charge in [-0.3, -0.25) is 13.8 Å². The summed E-state index contributed by atoms with van der Waals surface area (Å²) in [5.41, 5.74) is 0.485. The Bertz CT molecular complexity index is 1210. The highest BCUT2D eigenvalue weighted by Crippen LogP contribution is 2.25. The number of nitrogens with zero attached hydrogens (tertiary/aromatic N) is 7. The maximum atomic E-state index is 12.5. The van der Waals surface area contributed by atoms with E-state index < -0.39 is 0 Å². The highest BCUT2D eigenvalue weighted by atomic mass is 32.2. The molecular weight excluding hydrogens is 364 g/mol. The Morgan fingerprint density at radius 3 is 2.56 bits per heavy atom. The van der Waals surface area contributed by atoms with E-state index in [2.05, 4.69) is 20.4 Å². The topological polar surface area (TPSA) is 109 Å². The number of aromatic nitrogens is 7. The molecule has 3 heterocycles. The Hall–Kier alpha value is -2.88. The van der Waals surface area contributed by atoms with Gasteiger partial charge >= 0.3 is 0 Å². The summed E-state index contributed by atoms with van der Waals surface area (Å²) >= 11 is 1.43. The Balaban J connectivity index is 1.76. The van der Waals surface area contributed by atoms with Crippen LogP contribution in [0.15, 0.2) is 34.2 Å². The highest BCUT2D eigenvalue weighted by molar-refractivity contribution is 7.98. The molecule has 0 aliphatic heterocycles. The maximum Gasteiger partial charge on any atom is 0.262 e. The smallest absolute Gasteiger partial charge is 0.262 e. The van der Waals surface area contributed by atoms with Crippen LogP contribution in [0, 0.1) is 0 Å². The van der Waals surface area contributed by atoms with Gasteiger partial charge in [-0.15, -0.1) is 20.4 Å². The quantitative estimate of drug-likeness (QED) is 0.421. The molecule has 4 aromatic rings. The number of thioether (sulfide) groups is 1. The van der Waals surface area contributed by atoms with Gasteiger partial charge in [0.25, 0.3) is 5.56 Å². The zero-order valence-corrected chi connectivity index (χ0v) is 16.4. The lowest BCUT2D eigenvalue weighted by Crippen LogP contribution is -2.24. The minimum atomic E-state index is -0.198. The van der Waals surface area contributed by atoms with Crippen molar-refractivity contribution in [2.24, 2.45) is 7.05 Å². The third-order valence-electron chi connectivity index (χ3n) is 4.36. The number of nitrogen functional groups attached to an aromatic ring is 1. The molecule has 9 nitrogen and oxygen atoms in total. The van der Waals surface area contributed by atoms with E-state index in [-0.39, 0.29) is 11.0 Å². The third kappa shape index (κ3) is 2.76. The molecule has 0 unspecified atom stereocenters. The molecule has 0 aliphatic rings. The number of fused-ring (bicyclic) bond motifs is 3. The van der Waals surface area contributed by atoms with Crippen LogP contribution in [0.25, 0.3) is 16.7 Å². The van der Waals surface area contributed by atoms with Crippen molar-refractivity contribution in [3.63, 3.8) is 0 Å². The molecule has 3 aromatic heterocycles. The third-order valence-corrected chi connectivity index (χ3v) is 5.30. The molecule has 10 heteroatoms. The lowest BCUT2D eigenvalue weighted by Gasteiger charge is -2.16. The second kappa shape index (κ2) is 6.08. The van der Waals surface area contributed by atoms with E-state index in [4.69, 9.17) is 5.84 Å². The normalized spacial score (nSPS) is 12.3. The largest absolute Gasteiger partial charge is 0.336 e. The molecule has 0 amide bonds. The summed E-state index contributed by atoms with van der Waals surface area (Å²) < 4.78 is 4.92. The summed E-state index contributed by atoms with van der Waals surface area (Å²) in [7, 11) is 1.70. The highest BCUT2D eigenvalue weighted by Gasteiger charge is 2.23. The van der Waals surface area contributed by atoms with Crippen LogP contribution >= 0.6 is 11.8 Å². The van der Waals surface area contributed by atoms with Crippen LogP contribution in [-0.2, 0) is 18.2 Å². The van der Waals surface area contributed by atoms with E-state index in [1.165, 1.54) is 21.0 Å². The number of hydrogen-bond donors (Lipinski definition) is 1. The van der Waals surface area contributed by atoms with E-state index in [0.29, 0.717) is 33.7 Å². The first-order valence-electron chi connectivity index (χ1n) is 8.44. The molecule has 0 spiro atoms. The number of nitrogens with two attached hydrogens (primary N) is 1. The van der Waals surface area contributed by atoms with E-state index in [0.717, 1.165) is 5.52 Å². The van der Waals surface area contributed by atoms with Crippen LogP contribution in [0.1, 0.15) is 32.4 Å². The molecule has 0 fully saturated rings. The molecule has 4 rings (SSSR count). The van der Waals surface area contributed by atoms with Gasteiger partial charge in [0.05, 0.1) is 16.7 Å². The number of hydrogen-bond acceptors (Lipinski definition) is 7. The van der Waals surface area contributed by atoms with E-state index in [9.17, 15) is 4.79 Å². The standard InChI is InChI=1S/C17H20N8OS/c1-17(2,3)14-20-22-16(25(14)18)27-9-12-19-21-15-23(4)13(26)10-7-5-6-8-11(10)24(12)15/h5-8H,9,18H2,1-4H3. The van der Waals surface area contributed by atoms with Gasteiger partial charge in [-0.1, -0.05) is 44.7 Å². The van der Waals surface area contributed by atoms with Crippen molar-refractivity contribution in [1.82, 2.24) is 34.0 Å². The van der Waals surface area contributed by atoms with Crippen molar-refractivity contribution in [1.29, 1.82) is 0 Å². The van der Waals surface area contributed by atoms with Gasteiger partial charge in [0.2, 0.25) is 10.9 Å². The fourth-order valence-electron chi connectivity index (χ4n) is 3.00. The average Bonchev–Trinajstić information content (AvgIpc) is 3.21. The molecule has 0 bridgehead atoms. The van der Waals surface area contributed by atoms with Crippen molar-refractivity contribution in [2.45, 2.75) is 37.1 Å². The van der Waals surface area contributed by atoms with Crippen molar-refractivity contribution in [3.05, 3.63) is 46.3 Å². The average molecular weight is 384 g/mol. The number of rotatable bonds is 3. The van der Waals surface area contributed by atoms with Gasteiger partial charge < -0.3 is 5.84 Å². The van der Waals surface area contributed by atoms with E-state index in [1.807, 2.05) is 43.4 Å². The van der Waals surface area contributed by atoms with Crippen LogP contribution in [0.2, 0.25) is 0 Å². The molecule has 1 aromatic carbocycles. The number of aryl methyl sites for hydroxylation is 1. The first-order valence-corrected chi connectivity index (χ1v) is 9.43. The molecule has 140 valence electrons. The van der Waals surface area contributed by atoms with Crippen molar-refractivity contribution >= 4 is 28.4 Å². The van der Waals surface area contributed by atoms with Crippen molar-refractivity contribution in [2.75, 3.05) is 5.84 Å². The molecule has 0 atom stereocenters. The first-order chi connectivity index (χ1) is 12.8. The second-order valence-corrected chi connectivity index (χ2v) is 8.29. The van der Waals surface area contributed by atoms with Crippen LogP contribution in [0.4, 0.5) is 0 Å². The minimum Gasteiger partial charge on any atom is -0.336 e. The minimum absolute atomic E-state index is 0.0961. The zero-order chi connectivity index (χ0) is 19.3. The predicted octanol–water partition coefficient (Wildman–Crippen LogP) is 1.48. The summed E-state index contributed by atoms with van der Waals surface area (Å²) in [5, 5.41) is 18.1. The van der Waals surface area contributed by atoms with Crippen molar-refractivity contribution in [3.8, 4) is 0 Å². The summed E-state index contributed by atoms with van der Waals surface area (Å²) in [6.07, 6.45) is 0. The summed E-state index contributed by atoms with van der Waals surface area (Å²) in [5.74, 6) is 8.57. The monoisotopic (exact) mass is 384 g/mol. The Morgan fingerprint density at radius 1 is 1.11 bits per heavy atom. The molecular formula is C17H20N8OS.